The number of aryl methyl sites for hydroxylation is 1. The van der Waals surface area contributed by atoms with Crippen molar-refractivity contribution in [1.29, 1.82) is 4.78 Å². The molecule has 2 heterocycles. The normalized spacial score (nSPS) is 17.8. The molecule has 1 aromatic carbocycles. The van der Waals surface area contributed by atoms with Crippen molar-refractivity contribution < 1.29 is 13.4 Å². The molecule has 1 aromatic heterocycles. The zero-order valence-corrected chi connectivity index (χ0v) is 18.6. The third-order valence-electron chi connectivity index (χ3n) is 5.99. The second kappa shape index (κ2) is 9.28. The standard InChI is InChI=1S/C23H27FN4O3S/c24-17-12-18(28-9-3-4-10-28)14-19(13-17)32(25,31)11-5-8-26-22(29)21-20-7-2-1-6-16(20)15-27-23(21)30/h5,11-15,25H,1-4,6-10H2,(H,26,29)(H,27,30)/b11-5+. The molecule has 0 radical (unpaired) electrons. The van der Waals surface area contributed by atoms with Crippen LogP contribution in [0, 0.1) is 10.6 Å². The van der Waals surface area contributed by atoms with Crippen molar-refractivity contribution in [3.8, 4) is 0 Å². The van der Waals surface area contributed by atoms with Crippen LogP contribution in [0.25, 0.3) is 0 Å². The third-order valence-corrected chi connectivity index (χ3v) is 7.50. The average Bonchev–Trinajstić information content (AvgIpc) is 3.31. The summed E-state index contributed by atoms with van der Waals surface area (Å²) in [5.74, 6) is -1.02. The van der Waals surface area contributed by atoms with Gasteiger partial charge in [-0.3, -0.25) is 9.59 Å². The van der Waals surface area contributed by atoms with Gasteiger partial charge in [-0.05, 0) is 67.9 Å². The number of halogens is 1. The van der Waals surface area contributed by atoms with E-state index in [-0.39, 0.29) is 17.0 Å². The first-order chi connectivity index (χ1) is 15.3. The van der Waals surface area contributed by atoms with Crippen molar-refractivity contribution >= 4 is 21.3 Å². The van der Waals surface area contributed by atoms with Crippen LogP contribution in [0.2, 0.25) is 0 Å². The number of fused-ring (bicyclic) bond motifs is 1. The monoisotopic (exact) mass is 458 g/mol. The number of hydrogen-bond donors (Lipinski definition) is 3. The zero-order chi connectivity index (χ0) is 22.7. The second-order valence-corrected chi connectivity index (χ2v) is 10.2. The molecule has 7 nitrogen and oxygen atoms in total. The maximum Gasteiger partial charge on any atom is 0.261 e. The number of aromatic nitrogens is 1. The first-order valence-corrected chi connectivity index (χ1v) is 12.5. The quantitative estimate of drug-likeness (QED) is 0.617. The van der Waals surface area contributed by atoms with Crippen molar-refractivity contribution in [3.63, 3.8) is 0 Å². The van der Waals surface area contributed by atoms with Crippen LogP contribution in [0.3, 0.4) is 0 Å². The Morgan fingerprint density at radius 3 is 2.72 bits per heavy atom. The summed E-state index contributed by atoms with van der Waals surface area (Å²) in [4.78, 5) is 29.6. The molecule has 1 amide bonds. The number of H-pyrrole nitrogens is 1. The minimum atomic E-state index is -3.39. The van der Waals surface area contributed by atoms with E-state index in [0.29, 0.717) is 12.1 Å². The van der Waals surface area contributed by atoms with E-state index < -0.39 is 27.0 Å². The maximum atomic E-state index is 14.1. The number of amides is 1. The number of benzene rings is 1. The highest BCUT2D eigenvalue weighted by molar-refractivity contribution is 7.95. The number of pyridine rings is 1. The summed E-state index contributed by atoms with van der Waals surface area (Å²) in [5.41, 5.74) is 2.12. The molecule has 1 aliphatic heterocycles. The van der Waals surface area contributed by atoms with Crippen LogP contribution in [-0.2, 0) is 22.6 Å². The number of anilines is 1. The molecule has 170 valence electrons. The minimum absolute atomic E-state index is 0.00606. The molecule has 1 unspecified atom stereocenters. The van der Waals surface area contributed by atoms with Crippen molar-refractivity contribution in [2.45, 2.75) is 43.4 Å². The van der Waals surface area contributed by atoms with Gasteiger partial charge in [0, 0.05) is 36.9 Å². The van der Waals surface area contributed by atoms with Gasteiger partial charge in [0.2, 0.25) is 0 Å². The van der Waals surface area contributed by atoms with Crippen LogP contribution in [0.1, 0.15) is 47.2 Å². The highest BCUT2D eigenvalue weighted by Crippen LogP contribution is 2.26. The number of carbonyl (C=O) groups is 1. The summed E-state index contributed by atoms with van der Waals surface area (Å²) in [7, 11) is -3.39. The van der Waals surface area contributed by atoms with Gasteiger partial charge in [-0.2, -0.15) is 0 Å². The lowest BCUT2D eigenvalue weighted by Crippen LogP contribution is -2.32. The first kappa shape index (κ1) is 22.3. The van der Waals surface area contributed by atoms with E-state index in [1.54, 1.807) is 12.3 Å². The molecule has 1 fully saturated rings. The summed E-state index contributed by atoms with van der Waals surface area (Å²) in [6.07, 6.45) is 8.63. The fraction of sp³-hybridized carbons (Fsp3) is 0.391. The number of hydrogen-bond acceptors (Lipinski definition) is 5. The predicted molar refractivity (Wildman–Crippen MR) is 122 cm³/mol. The summed E-state index contributed by atoms with van der Waals surface area (Å²) >= 11 is 0. The van der Waals surface area contributed by atoms with Crippen LogP contribution < -0.4 is 15.8 Å². The minimum Gasteiger partial charge on any atom is -0.371 e. The lowest BCUT2D eigenvalue weighted by atomic mass is 9.90. The lowest BCUT2D eigenvalue weighted by molar-refractivity contribution is 0.0955. The lowest BCUT2D eigenvalue weighted by Gasteiger charge is -2.18. The molecule has 1 aliphatic carbocycles. The molecule has 2 aromatic rings. The highest BCUT2D eigenvalue weighted by Gasteiger charge is 2.21. The average molecular weight is 459 g/mol. The number of nitrogens with one attached hydrogen (secondary N) is 3. The van der Waals surface area contributed by atoms with Gasteiger partial charge in [-0.25, -0.2) is 13.4 Å². The number of rotatable bonds is 6. The van der Waals surface area contributed by atoms with Crippen molar-refractivity contribution in [2.24, 2.45) is 0 Å². The van der Waals surface area contributed by atoms with Gasteiger partial charge < -0.3 is 15.2 Å². The van der Waals surface area contributed by atoms with Crippen LogP contribution in [0.4, 0.5) is 10.1 Å². The van der Waals surface area contributed by atoms with E-state index in [4.69, 9.17) is 4.78 Å². The van der Waals surface area contributed by atoms with E-state index >= 15 is 0 Å². The Kier molecular flexibility index (Phi) is 6.45. The van der Waals surface area contributed by atoms with Gasteiger partial charge in [0.1, 0.15) is 11.4 Å². The summed E-state index contributed by atoms with van der Waals surface area (Å²) < 4.78 is 35.2. The Balaban J connectivity index is 1.45. The molecule has 2 aliphatic rings. The van der Waals surface area contributed by atoms with E-state index in [2.05, 4.69) is 10.3 Å². The molecule has 3 N–H and O–H groups in total. The topological polar surface area (TPSA) is 106 Å². The fourth-order valence-electron chi connectivity index (χ4n) is 4.36. The number of carbonyl (C=O) groups excluding carboxylic acids is 1. The molecule has 0 bridgehead atoms. The van der Waals surface area contributed by atoms with E-state index in [9.17, 15) is 18.2 Å². The van der Waals surface area contributed by atoms with Crippen LogP contribution in [0.5, 0.6) is 0 Å². The Labute approximate surface area is 186 Å². The third kappa shape index (κ3) is 4.77. The molecule has 1 atom stereocenters. The molecule has 4 rings (SSSR count). The van der Waals surface area contributed by atoms with Gasteiger partial charge in [0.25, 0.3) is 11.5 Å². The maximum absolute atomic E-state index is 14.1. The molecule has 32 heavy (non-hydrogen) atoms. The number of nitrogens with zero attached hydrogens (tertiary/aromatic N) is 1. The number of aromatic amines is 1. The van der Waals surface area contributed by atoms with Crippen molar-refractivity contribution in [3.05, 3.63) is 68.7 Å². The van der Waals surface area contributed by atoms with Gasteiger partial charge >= 0.3 is 0 Å². The summed E-state index contributed by atoms with van der Waals surface area (Å²) in [6, 6.07) is 4.11. The smallest absolute Gasteiger partial charge is 0.261 e. The van der Waals surface area contributed by atoms with Crippen molar-refractivity contribution in [1.82, 2.24) is 10.3 Å². The first-order valence-electron chi connectivity index (χ1n) is 10.9. The van der Waals surface area contributed by atoms with E-state index in [0.717, 1.165) is 62.4 Å². The highest BCUT2D eigenvalue weighted by atomic mass is 32.2. The van der Waals surface area contributed by atoms with Gasteiger partial charge in [-0.15, -0.1) is 0 Å². The largest absolute Gasteiger partial charge is 0.371 e. The molecular formula is C23H27FN4O3S. The Morgan fingerprint density at radius 2 is 1.94 bits per heavy atom. The Bertz CT molecular complexity index is 1210. The molecule has 0 spiro atoms. The summed E-state index contributed by atoms with van der Waals surface area (Å²) in [5, 5.41) is 3.83. The Hall–Kier alpha value is -2.94. The molecule has 1 saturated heterocycles. The SMILES string of the molecule is N=S(=O)(/C=C/CNC(=O)c1c2c(c[nH]c1=O)CCCC2)c1cc(F)cc(N2CCCC2)c1. The predicted octanol–water partition coefficient (Wildman–Crippen LogP) is 3.34. The van der Waals surface area contributed by atoms with Gasteiger partial charge in [0.05, 0.1) is 14.6 Å². The van der Waals surface area contributed by atoms with Crippen LogP contribution >= 0.6 is 0 Å². The molecular weight excluding hydrogens is 431 g/mol. The van der Waals surface area contributed by atoms with Crippen LogP contribution in [-0.4, -0.2) is 34.7 Å². The van der Waals surface area contributed by atoms with Crippen molar-refractivity contribution in [2.75, 3.05) is 24.5 Å². The molecule has 0 saturated carbocycles. The molecule has 9 heteroatoms. The van der Waals surface area contributed by atoms with Crippen LogP contribution in [0.15, 0.2) is 45.6 Å². The van der Waals surface area contributed by atoms with Gasteiger partial charge in [0.15, 0.2) is 0 Å². The Morgan fingerprint density at radius 1 is 1.19 bits per heavy atom. The fourth-order valence-corrected chi connectivity index (χ4v) is 5.47. The van der Waals surface area contributed by atoms with E-state index in [1.165, 1.54) is 17.6 Å². The second-order valence-electron chi connectivity index (χ2n) is 8.23. The van der Waals surface area contributed by atoms with E-state index in [1.807, 2.05) is 4.90 Å². The summed E-state index contributed by atoms with van der Waals surface area (Å²) in [6.45, 7) is 1.63. The zero-order valence-electron chi connectivity index (χ0n) is 17.8. The van der Waals surface area contributed by atoms with Gasteiger partial charge in [-0.1, -0.05) is 6.08 Å².